The minimum atomic E-state index is -1.62. The van der Waals surface area contributed by atoms with Gasteiger partial charge in [-0.05, 0) is 18.2 Å². The number of nitrogens with zero attached hydrogens (tertiary/aromatic N) is 7. The van der Waals surface area contributed by atoms with Crippen molar-refractivity contribution < 1.29 is 33.2 Å². The van der Waals surface area contributed by atoms with E-state index in [2.05, 4.69) is 30.8 Å². The van der Waals surface area contributed by atoms with Gasteiger partial charge in [0.2, 0.25) is 0 Å². The summed E-state index contributed by atoms with van der Waals surface area (Å²) in [5.41, 5.74) is 1.75. The molecule has 38 heavy (non-hydrogen) atoms. The van der Waals surface area contributed by atoms with E-state index in [1.807, 2.05) is 18.2 Å². The van der Waals surface area contributed by atoms with Crippen LogP contribution in [-0.4, -0.2) is 80.4 Å². The van der Waals surface area contributed by atoms with Gasteiger partial charge < -0.3 is 20.1 Å². The first kappa shape index (κ1) is 24.2. The van der Waals surface area contributed by atoms with E-state index in [1.165, 1.54) is 17.1 Å². The van der Waals surface area contributed by atoms with Crippen molar-refractivity contribution in [2.24, 2.45) is 0 Å². The van der Waals surface area contributed by atoms with Gasteiger partial charge in [0.1, 0.15) is 30.0 Å². The van der Waals surface area contributed by atoms with E-state index in [4.69, 9.17) is 4.74 Å². The standard InChI is InChI=1S/C23H19F3N8O4/c24-13-3-12(4-14(25)19(13)26)16-8-33(32-30-16)20-21(36)18(9-35)38-23(22(20)37)34-17(7-28-31-34)10-1-2-11-6-27-29-15(11)5-10/h1-8,18,20-23,35-37H,9H2,(H,27,29)/t18-,20?,21?,22-,23-/m1/s1. The third kappa shape index (κ3) is 3.92. The number of halogens is 3. The van der Waals surface area contributed by atoms with Crippen LogP contribution in [0.3, 0.4) is 0 Å². The highest BCUT2D eigenvalue weighted by Crippen LogP contribution is 2.37. The number of aromatic amines is 1. The van der Waals surface area contributed by atoms with Gasteiger partial charge >= 0.3 is 0 Å². The van der Waals surface area contributed by atoms with Crippen LogP contribution in [0.5, 0.6) is 0 Å². The maximum absolute atomic E-state index is 13.7. The highest BCUT2D eigenvalue weighted by molar-refractivity contribution is 5.83. The van der Waals surface area contributed by atoms with Gasteiger partial charge in [-0.25, -0.2) is 22.5 Å². The van der Waals surface area contributed by atoms with Crippen molar-refractivity contribution >= 4 is 10.9 Å². The van der Waals surface area contributed by atoms with E-state index in [1.54, 1.807) is 6.20 Å². The molecule has 15 heteroatoms. The van der Waals surface area contributed by atoms with E-state index in [0.29, 0.717) is 11.3 Å². The van der Waals surface area contributed by atoms with Crippen molar-refractivity contribution in [1.29, 1.82) is 0 Å². The molecule has 1 aliphatic rings. The normalized spacial score (nSPS) is 23.8. The highest BCUT2D eigenvalue weighted by Gasteiger charge is 2.47. The van der Waals surface area contributed by atoms with Gasteiger partial charge in [-0.3, -0.25) is 5.10 Å². The Morgan fingerprint density at radius 1 is 0.974 bits per heavy atom. The highest BCUT2D eigenvalue weighted by atomic mass is 19.2. The number of aromatic nitrogens is 8. The van der Waals surface area contributed by atoms with Crippen molar-refractivity contribution in [1.82, 2.24) is 40.2 Å². The van der Waals surface area contributed by atoms with Crippen molar-refractivity contribution in [2.45, 2.75) is 30.6 Å². The molecule has 5 atom stereocenters. The minimum Gasteiger partial charge on any atom is -0.394 e. The van der Waals surface area contributed by atoms with E-state index in [0.717, 1.165) is 27.7 Å². The molecular formula is C23H19F3N8O4. The fourth-order valence-electron chi connectivity index (χ4n) is 4.59. The zero-order valence-electron chi connectivity index (χ0n) is 19.2. The van der Waals surface area contributed by atoms with Crippen LogP contribution in [0.4, 0.5) is 13.2 Å². The number of H-pyrrole nitrogens is 1. The molecule has 1 saturated heterocycles. The first-order valence-corrected chi connectivity index (χ1v) is 11.4. The monoisotopic (exact) mass is 528 g/mol. The Bertz CT molecular complexity index is 1600. The summed E-state index contributed by atoms with van der Waals surface area (Å²) in [6.45, 7) is -0.610. The Kier molecular flexibility index (Phi) is 5.91. The van der Waals surface area contributed by atoms with E-state index in [9.17, 15) is 28.5 Å². The second kappa shape index (κ2) is 9.29. The topological polar surface area (TPSA) is 160 Å². The first-order chi connectivity index (χ1) is 18.4. The molecule has 0 radical (unpaired) electrons. The molecule has 4 N–H and O–H groups in total. The maximum atomic E-state index is 13.7. The third-order valence-electron chi connectivity index (χ3n) is 6.52. The summed E-state index contributed by atoms with van der Waals surface area (Å²) >= 11 is 0. The summed E-state index contributed by atoms with van der Waals surface area (Å²) in [4.78, 5) is 0. The van der Waals surface area contributed by atoms with Crippen molar-refractivity contribution in [3.05, 3.63) is 66.4 Å². The molecule has 12 nitrogen and oxygen atoms in total. The summed E-state index contributed by atoms with van der Waals surface area (Å²) in [6, 6.07) is 5.73. The van der Waals surface area contributed by atoms with Gasteiger partial charge in [-0.1, -0.05) is 22.6 Å². The van der Waals surface area contributed by atoms with Crippen molar-refractivity contribution in [2.75, 3.05) is 6.61 Å². The molecule has 1 fully saturated rings. The smallest absolute Gasteiger partial charge is 0.194 e. The second-order valence-corrected chi connectivity index (χ2v) is 8.79. The number of hydrogen-bond donors (Lipinski definition) is 4. The quantitative estimate of drug-likeness (QED) is 0.247. The molecule has 2 unspecified atom stereocenters. The minimum absolute atomic E-state index is 0.0416. The molecule has 196 valence electrons. The van der Waals surface area contributed by atoms with Crippen LogP contribution >= 0.6 is 0 Å². The lowest BCUT2D eigenvalue weighted by atomic mass is 9.95. The second-order valence-electron chi connectivity index (χ2n) is 8.79. The molecule has 5 aromatic rings. The van der Waals surface area contributed by atoms with Gasteiger partial charge in [-0.15, -0.1) is 10.2 Å². The summed E-state index contributed by atoms with van der Waals surface area (Å²) in [5, 5.41) is 55.6. The molecule has 2 aromatic carbocycles. The summed E-state index contributed by atoms with van der Waals surface area (Å²) < 4.78 is 49.1. The molecule has 1 aliphatic heterocycles. The van der Waals surface area contributed by atoms with Crippen LogP contribution in [0, 0.1) is 17.5 Å². The number of ether oxygens (including phenoxy) is 1. The number of benzene rings is 2. The number of aliphatic hydroxyl groups is 3. The van der Waals surface area contributed by atoms with E-state index >= 15 is 0 Å². The van der Waals surface area contributed by atoms with Crippen LogP contribution < -0.4 is 0 Å². The van der Waals surface area contributed by atoms with E-state index in [-0.39, 0.29) is 11.3 Å². The van der Waals surface area contributed by atoms with Gasteiger partial charge in [0.05, 0.1) is 36.4 Å². The van der Waals surface area contributed by atoms with Crippen LogP contribution in [0.2, 0.25) is 0 Å². The Morgan fingerprint density at radius 3 is 2.53 bits per heavy atom. The molecule has 0 saturated carbocycles. The number of nitrogens with one attached hydrogen (secondary N) is 1. The Hall–Kier alpha value is -4.18. The average molecular weight is 528 g/mol. The molecule has 3 aromatic heterocycles. The molecule has 6 rings (SSSR count). The van der Waals surface area contributed by atoms with Crippen LogP contribution in [0.15, 0.2) is 48.9 Å². The third-order valence-corrected chi connectivity index (χ3v) is 6.52. The lowest BCUT2D eigenvalue weighted by molar-refractivity contribution is -0.233. The Labute approximate surface area is 210 Å². The Morgan fingerprint density at radius 2 is 1.76 bits per heavy atom. The molecule has 0 spiro atoms. The van der Waals surface area contributed by atoms with Crippen LogP contribution in [0.1, 0.15) is 12.3 Å². The van der Waals surface area contributed by atoms with Gasteiger partial charge in [-0.2, -0.15) is 5.10 Å². The SMILES string of the molecule is OC[C@H]1O[C@@H](n2nncc2-c2ccc3cn[nH]c3c2)[C@H](O)C(n2cc(-c3cc(F)c(F)c(F)c3)nn2)C1O. The lowest BCUT2D eigenvalue weighted by Gasteiger charge is -2.42. The number of aliphatic hydroxyl groups excluding tert-OH is 3. The summed E-state index contributed by atoms with van der Waals surface area (Å²) in [7, 11) is 0. The predicted octanol–water partition coefficient (Wildman–Crippen LogP) is 1.35. The number of fused-ring (bicyclic) bond motifs is 1. The zero-order chi connectivity index (χ0) is 26.6. The number of hydrogen-bond acceptors (Lipinski definition) is 9. The lowest BCUT2D eigenvalue weighted by Crippen LogP contribution is -2.54. The van der Waals surface area contributed by atoms with Gasteiger partial charge in [0.15, 0.2) is 23.7 Å². The van der Waals surface area contributed by atoms with Gasteiger partial charge in [0, 0.05) is 16.5 Å². The molecule has 4 heterocycles. The average Bonchev–Trinajstić information content (AvgIpc) is 3.68. The largest absolute Gasteiger partial charge is 0.394 e. The van der Waals surface area contributed by atoms with Crippen molar-refractivity contribution in [3.8, 4) is 22.5 Å². The van der Waals surface area contributed by atoms with Crippen molar-refractivity contribution in [3.63, 3.8) is 0 Å². The maximum Gasteiger partial charge on any atom is 0.194 e. The fraction of sp³-hybridized carbons (Fsp3) is 0.261. The first-order valence-electron chi connectivity index (χ1n) is 11.4. The van der Waals surface area contributed by atoms with Crippen LogP contribution in [-0.2, 0) is 4.74 Å². The summed E-state index contributed by atoms with van der Waals surface area (Å²) in [5.74, 6) is -4.44. The summed E-state index contributed by atoms with van der Waals surface area (Å²) in [6.07, 6.45) is -1.00. The zero-order valence-corrected chi connectivity index (χ0v) is 19.2. The molecule has 0 bridgehead atoms. The Balaban J connectivity index is 1.36. The van der Waals surface area contributed by atoms with E-state index < -0.39 is 54.6 Å². The predicted molar refractivity (Wildman–Crippen MR) is 122 cm³/mol. The van der Waals surface area contributed by atoms with Gasteiger partial charge in [0.25, 0.3) is 0 Å². The molecular weight excluding hydrogens is 509 g/mol. The van der Waals surface area contributed by atoms with Crippen LogP contribution in [0.25, 0.3) is 33.4 Å². The number of rotatable bonds is 5. The fourth-order valence-corrected chi connectivity index (χ4v) is 4.59. The molecule has 0 amide bonds. The molecule has 0 aliphatic carbocycles.